The molecule has 0 amide bonds. The molecule has 30 heavy (non-hydrogen) atoms. The quantitative estimate of drug-likeness (QED) is 0.545. The van der Waals surface area contributed by atoms with E-state index in [0.717, 1.165) is 22.4 Å². The number of amidine groups is 1. The van der Waals surface area contributed by atoms with Crippen LogP contribution >= 0.6 is 11.6 Å². The number of ether oxygens (including phenoxy) is 2. The van der Waals surface area contributed by atoms with Crippen molar-refractivity contribution in [3.63, 3.8) is 0 Å². The van der Waals surface area contributed by atoms with Crippen molar-refractivity contribution < 1.29 is 14.3 Å². The van der Waals surface area contributed by atoms with Crippen molar-refractivity contribution >= 4 is 29.1 Å². The first kappa shape index (κ1) is 20.0. The van der Waals surface area contributed by atoms with E-state index in [1.54, 1.807) is 7.11 Å². The zero-order chi connectivity index (χ0) is 21.1. The van der Waals surface area contributed by atoms with Crippen LogP contribution in [0.5, 0.6) is 5.75 Å². The number of nitrogens with zero attached hydrogens (tertiary/aromatic N) is 2. The Morgan fingerprint density at radius 2 is 1.83 bits per heavy atom. The molecule has 0 spiro atoms. The zero-order valence-electron chi connectivity index (χ0n) is 16.7. The molecule has 6 heteroatoms. The van der Waals surface area contributed by atoms with E-state index in [0.29, 0.717) is 16.6 Å². The first-order valence-electron chi connectivity index (χ1n) is 9.51. The van der Waals surface area contributed by atoms with E-state index in [4.69, 9.17) is 26.1 Å². The molecule has 1 aliphatic heterocycles. The lowest BCUT2D eigenvalue weighted by Crippen LogP contribution is -2.42. The van der Waals surface area contributed by atoms with Gasteiger partial charge >= 0.3 is 5.97 Å². The van der Waals surface area contributed by atoms with E-state index in [2.05, 4.69) is 0 Å². The Hall–Kier alpha value is -3.31. The second kappa shape index (κ2) is 8.59. The maximum Gasteiger partial charge on any atom is 0.325 e. The number of rotatable bonds is 5. The van der Waals surface area contributed by atoms with Crippen molar-refractivity contribution in [2.75, 3.05) is 20.8 Å². The minimum atomic E-state index is -0.344. The summed E-state index contributed by atoms with van der Waals surface area (Å²) in [6, 6.07) is 23.1. The van der Waals surface area contributed by atoms with Crippen LogP contribution in [0.25, 0.3) is 0 Å². The van der Waals surface area contributed by atoms with Gasteiger partial charge in [0, 0.05) is 16.1 Å². The molecule has 5 nitrogen and oxygen atoms in total. The number of esters is 1. The summed E-state index contributed by atoms with van der Waals surface area (Å²) in [6.07, 6.45) is 0. The van der Waals surface area contributed by atoms with Gasteiger partial charge in [-0.3, -0.25) is 4.79 Å². The smallest absolute Gasteiger partial charge is 0.325 e. The van der Waals surface area contributed by atoms with Crippen molar-refractivity contribution in [1.82, 2.24) is 4.90 Å². The largest absolute Gasteiger partial charge is 0.497 e. The summed E-state index contributed by atoms with van der Waals surface area (Å²) >= 11 is 6.28. The Labute approximate surface area is 180 Å². The molecular weight excluding hydrogens is 400 g/mol. The summed E-state index contributed by atoms with van der Waals surface area (Å²) in [5.41, 5.74) is 3.63. The normalized spacial score (nSPS) is 15.2. The molecule has 1 atom stereocenters. The molecule has 0 fully saturated rings. The molecule has 0 bridgehead atoms. The fourth-order valence-corrected chi connectivity index (χ4v) is 3.84. The summed E-state index contributed by atoms with van der Waals surface area (Å²) in [6.45, 7) is 0.0498. The van der Waals surface area contributed by atoms with Crippen molar-refractivity contribution in [2.24, 2.45) is 4.99 Å². The highest BCUT2D eigenvalue weighted by Gasteiger charge is 2.33. The van der Waals surface area contributed by atoms with E-state index in [-0.39, 0.29) is 18.6 Å². The van der Waals surface area contributed by atoms with Crippen molar-refractivity contribution in [3.8, 4) is 5.75 Å². The second-order valence-electron chi connectivity index (χ2n) is 6.89. The van der Waals surface area contributed by atoms with E-state index in [9.17, 15) is 4.79 Å². The lowest BCUT2D eigenvalue weighted by molar-refractivity contribution is -0.141. The predicted octanol–water partition coefficient (Wildman–Crippen LogP) is 5.00. The van der Waals surface area contributed by atoms with Crippen LogP contribution in [0.1, 0.15) is 22.7 Å². The minimum Gasteiger partial charge on any atom is -0.497 e. The number of fused-ring (bicyclic) bond motifs is 1. The summed E-state index contributed by atoms with van der Waals surface area (Å²) < 4.78 is 10.4. The fraction of sp³-hybridized carbons (Fsp3) is 0.167. The number of halogens is 1. The lowest BCUT2D eigenvalue weighted by atomic mass is 9.93. The number of hydrogen-bond donors (Lipinski definition) is 0. The Kier molecular flexibility index (Phi) is 5.72. The molecule has 0 unspecified atom stereocenters. The Morgan fingerprint density at radius 3 is 2.57 bits per heavy atom. The van der Waals surface area contributed by atoms with Crippen LogP contribution in [0, 0.1) is 0 Å². The molecule has 0 aliphatic carbocycles. The Balaban J connectivity index is 1.94. The van der Waals surface area contributed by atoms with Gasteiger partial charge < -0.3 is 14.4 Å². The van der Waals surface area contributed by atoms with E-state index >= 15 is 0 Å². The maximum atomic E-state index is 12.4. The standard InChI is InChI=1S/C24H21ClN2O3/c1-29-19-10-6-9-17(13-19)24-26-21-14-18(25)11-12-20(21)23(16-7-4-3-5-8-16)27(24)15-22(28)30-2/h3-14,23H,15H2,1-2H3/t23-/m1/s1. The number of carbonyl (C=O) groups is 1. The maximum absolute atomic E-state index is 12.4. The van der Waals surface area contributed by atoms with Gasteiger partial charge in [0.25, 0.3) is 0 Å². The van der Waals surface area contributed by atoms with Gasteiger partial charge in [0.15, 0.2) is 0 Å². The van der Waals surface area contributed by atoms with Gasteiger partial charge in [0.2, 0.25) is 0 Å². The van der Waals surface area contributed by atoms with E-state index in [1.165, 1.54) is 7.11 Å². The molecule has 4 rings (SSSR count). The van der Waals surface area contributed by atoms with Crippen LogP contribution in [0.3, 0.4) is 0 Å². The van der Waals surface area contributed by atoms with E-state index in [1.807, 2.05) is 77.7 Å². The molecule has 0 saturated heterocycles. The molecule has 0 radical (unpaired) electrons. The summed E-state index contributed by atoms with van der Waals surface area (Å²) in [4.78, 5) is 19.2. The van der Waals surface area contributed by atoms with Gasteiger partial charge in [0.05, 0.1) is 25.9 Å². The number of hydrogen-bond acceptors (Lipinski definition) is 5. The average Bonchev–Trinajstić information content (AvgIpc) is 2.79. The number of benzene rings is 3. The molecule has 152 valence electrons. The number of carbonyl (C=O) groups excluding carboxylic acids is 1. The SMILES string of the molecule is COC(=O)CN1C(c2cccc(OC)c2)=Nc2cc(Cl)ccc2[C@H]1c1ccccc1. The molecule has 1 aliphatic rings. The summed E-state index contributed by atoms with van der Waals surface area (Å²) in [5, 5.41) is 0.607. The van der Waals surface area contributed by atoms with Gasteiger partial charge in [-0.05, 0) is 29.8 Å². The number of methoxy groups -OCH3 is 2. The van der Waals surface area contributed by atoms with Gasteiger partial charge in [-0.2, -0.15) is 0 Å². The predicted molar refractivity (Wildman–Crippen MR) is 118 cm³/mol. The zero-order valence-corrected chi connectivity index (χ0v) is 17.5. The van der Waals surface area contributed by atoms with E-state index < -0.39 is 0 Å². The average molecular weight is 421 g/mol. The molecule has 0 N–H and O–H groups in total. The highest BCUT2D eigenvalue weighted by molar-refractivity contribution is 6.30. The molecule has 0 saturated carbocycles. The van der Waals surface area contributed by atoms with Crippen LogP contribution in [-0.4, -0.2) is 37.5 Å². The monoisotopic (exact) mass is 420 g/mol. The first-order valence-corrected chi connectivity index (χ1v) is 9.89. The minimum absolute atomic E-state index is 0.0498. The van der Waals surface area contributed by atoms with Crippen molar-refractivity contribution in [2.45, 2.75) is 6.04 Å². The molecule has 3 aromatic carbocycles. The third kappa shape index (κ3) is 3.89. The summed E-state index contributed by atoms with van der Waals surface area (Å²) in [7, 11) is 3.01. The van der Waals surface area contributed by atoms with Crippen molar-refractivity contribution in [3.05, 3.63) is 94.5 Å². The van der Waals surface area contributed by atoms with Gasteiger partial charge in [-0.15, -0.1) is 0 Å². The van der Waals surface area contributed by atoms with Crippen LogP contribution < -0.4 is 4.74 Å². The Morgan fingerprint density at radius 1 is 1.03 bits per heavy atom. The molecule has 3 aromatic rings. The number of aliphatic imine (C=N–C) groups is 1. The van der Waals surface area contributed by atoms with Crippen LogP contribution in [0.4, 0.5) is 5.69 Å². The highest BCUT2D eigenvalue weighted by Crippen LogP contribution is 2.41. The van der Waals surface area contributed by atoms with Gasteiger partial charge in [0.1, 0.15) is 18.1 Å². The molecule has 1 heterocycles. The van der Waals surface area contributed by atoms with Crippen LogP contribution in [0.15, 0.2) is 77.8 Å². The van der Waals surface area contributed by atoms with Crippen LogP contribution in [0.2, 0.25) is 5.02 Å². The third-order valence-corrected chi connectivity index (χ3v) is 5.30. The van der Waals surface area contributed by atoms with Crippen molar-refractivity contribution in [1.29, 1.82) is 0 Å². The summed E-state index contributed by atoms with van der Waals surface area (Å²) in [5.74, 6) is 1.02. The highest BCUT2D eigenvalue weighted by atomic mass is 35.5. The topological polar surface area (TPSA) is 51.1 Å². The second-order valence-corrected chi connectivity index (χ2v) is 7.32. The lowest BCUT2D eigenvalue weighted by Gasteiger charge is -2.38. The Bertz CT molecular complexity index is 1100. The third-order valence-electron chi connectivity index (χ3n) is 5.07. The molecular formula is C24H21ClN2O3. The van der Waals surface area contributed by atoms with Gasteiger partial charge in [-0.25, -0.2) is 4.99 Å². The van der Waals surface area contributed by atoms with Crippen LogP contribution in [-0.2, 0) is 9.53 Å². The first-order chi connectivity index (χ1) is 14.6. The molecule has 0 aromatic heterocycles. The fourth-order valence-electron chi connectivity index (χ4n) is 3.67. The van der Waals surface area contributed by atoms with Gasteiger partial charge in [-0.1, -0.05) is 60.1 Å².